The van der Waals surface area contributed by atoms with Gasteiger partial charge in [-0.25, -0.2) is 0 Å². The van der Waals surface area contributed by atoms with Crippen molar-refractivity contribution >= 4 is 87.5 Å². The van der Waals surface area contributed by atoms with Crippen LogP contribution in [0.1, 0.15) is 0 Å². The Morgan fingerprint density at radius 2 is 1.14 bits per heavy atom. The Labute approximate surface area is 148 Å². The van der Waals surface area contributed by atoms with Crippen LogP contribution in [-0.4, -0.2) is 45.2 Å². The summed E-state index contributed by atoms with van der Waals surface area (Å²) in [4.78, 5) is 11.0. The molecule has 0 aliphatic heterocycles. The summed E-state index contributed by atoms with van der Waals surface area (Å²) in [7, 11) is 0. The minimum Gasteiger partial charge on any atom is -0.369 e. The summed E-state index contributed by atoms with van der Waals surface area (Å²) in [6.07, 6.45) is -3.26. The van der Waals surface area contributed by atoms with Crippen molar-refractivity contribution in [1.29, 1.82) is 0 Å². The fourth-order valence-electron chi connectivity index (χ4n) is 0.930. The van der Waals surface area contributed by atoms with Crippen molar-refractivity contribution < 1.29 is 10.2 Å². The minimum absolute atomic E-state index is 0.236. The van der Waals surface area contributed by atoms with Gasteiger partial charge in [0.15, 0.2) is 12.5 Å². The van der Waals surface area contributed by atoms with Crippen molar-refractivity contribution in [2.24, 2.45) is 0 Å². The molecule has 0 amide bonds. The molecule has 1 rings (SSSR count). The lowest BCUT2D eigenvalue weighted by molar-refractivity contribution is 0.206. The first kappa shape index (κ1) is 19.1. The molecule has 8 nitrogen and oxygen atoms in total. The number of halogens is 6. The smallest absolute Gasteiger partial charge is 0.234 e. The van der Waals surface area contributed by atoms with Gasteiger partial charge in [0.05, 0.1) is 0 Å². The summed E-state index contributed by atoms with van der Waals surface area (Å²) in [5.74, 6) is -0.733. The van der Waals surface area contributed by atoms with Crippen molar-refractivity contribution in [1.82, 2.24) is 15.0 Å². The van der Waals surface area contributed by atoms with Gasteiger partial charge in [0.2, 0.25) is 25.4 Å². The third kappa shape index (κ3) is 6.37. The standard InChI is InChI=1S/C7H8Cl6N6O2/c8-6(9,10)1(20)15-4-17-3(14)18-5(19-4)16-2(21)7(11,12)13/h1-2,20-21H,(H4,14,15,16,17,18,19)/t1-,2-/m1/s1. The number of aromatic nitrogens is 3. The molecule has 21 heavy (non-hydrogen) atoms. The van der Waals surface area contributed by atoms with Gasteiger partial charge in [-0.15, -0.1) is 0 Å². The first-order valence-electron chi connectivity index (χ1n) is 4.94. The van der Waals surface area contributed by atoms with Crippen LogP contribution in [0.2, 0.25) is 0 Å². The van der Waals surface area contributed by atoms with Crippen LogP contribution in [0.3, 0.4) is 0 Å². The van der Waals surface area contributed by atoms with Crippen molar-refractivity contribution in [3.05, 3.63) is 0 Å². The monoisotopic (exact) mass is 418 g/mol. The number of anilines is 3. The van der Waals surface area contributed by atoms with Gasteiger partial charge in [0.1, 0.15) is 0 Å². The summed E-state index contributed by atoms with van der Waals surface area (Å²) in [6, 6.07) is 0. The Morgan fingerprint density at radius 1 is 0.810 bits per heavy atom. The van der Waals surface area contributed by atoms with Crippen LogP contribution in [0.15, 0.2) is 0 Å². The van der Waals surface area contributed by atoms with Crippen molar-refractivity contribution in [2.45, 2.75) is 20.0 Å². The number of aliphatic hydroxyl groups excluding tert-OH is 2. The molecular weight excluding hydrogens is 413 g/mol. The molecule has 0 aromatic carbocycles. The molecule has 0 bridgehead atoms. The van der Waals surface area contributed by atoms with Gasteiger partial charge in [-0.1, -0.05) is 69.6 Å². The maximum Gasteiger partial charge on any atom is 0.234 e. The predicted molar refractivity (Wildman–Crippen MR) is 84.1 cm³/mol. The van der Waals surface area contributed by atoms with Gasteiger partial charge in [0, 0.05) is 0 Å². The van der Waals surface area contributed by atoms with Crippen molar-refractivity contribution in [2.75, 3.05) is 16.4 Å². The number of aliphatic hydroxyl groups is 2. The highest BCUT2D eigenvalue weighted by molar-refractivity contribution is 6.68. The number of nitrogens with one attached hydrogen (secondary N) is 2. The van der Waals surface area contributed by atoms with Gasteiger partial charge >= 0.3 is 0 Å². The van der Waals surface area contributed by atoms with Crippen LogP contribution < -0.4 is 16.4 Å². The normalized spacial score (nSPS) is 15.4. The molecule has 6 N–H and O–H groups in total. The van der Waals surface area contributed by atoms with E-state index in [9.17, 15) is 10.2 Å². The number of alkyl halides is 6. The number of nitrogens with zero attached hydrogens (tertiary/aromatic N) is 3. The first-order valence-corrected chi connectivity index (χ1v) is 7.20. The Balaban J connectivity index is 2.90. The van der Waals surface area contributed by atoms with Gasteiger partial charge in [-0.05, 0) is 0 Å². The molecule has 1 aromatic heterocycles. The summed E-state index contributed by atoms with van der Waals surface area (Å²) in [6.45, 7) is 0. The van der Waals surface area contributed by atoms with Crippen LogP contribution in [0, 0.1) is 0 Å². The van der Waals surface area contributed by atoms with E-state index in [1.54, 1.807) is 0 Å². The second-order valence-electron chi connectivity index (χ2n) is 3.52. The average Bonchev–Trinajstić information content (AvgIpc) is 2.25. The molecule has 1 aromatic rings. The van der Waals surface area contributed by atoms with Gasteiger partial charge in [-0.2, -0.15) is 15.0 Å². The zero-order valence-corrected chi connectivity index (χ0v) is 14.3. The van der Waals surface area contributed by atoms with Gasteiger partial charge in [-0.3, -0.25) is 0 Å². The summed E-state index contributed by atoms with van der Waals surface area (Å²) in [5.41, 5.74) is 5.43. The number of nitrogens with two attached hydrogens (primary N) is 1. The number of rotatable bonds is 4. The molecule has 0 spiro atoms. The van der Waals surface area contributed by atoms with Gasteiger partial charge < -0.3 is 26.6 Å². The van der Waals surface area contributed by atoms with E-state index in [2.05, 4.69) is 25.6 Å². The third-order valence-corrected chi connectivity index (χ3v) is 3.04. The molecule has 2 atom stereocenters. The van der Waals surface area contributed by atoms with E-state index in [1.807, 2.05) is 0 Å². The van der Waals surface area contributed by atoms with Crippen molar-refractivity contribution in [3.8, 4) is 0 Å². The SMILES string of the molecule is Nc1nc(N[C@H](O)C(Cl)(Cl)Cl)nc(N[C@H](O)C(Cl)(Cl)Cl)n1. The zero-order valence-electron chi connectivity index (χ0n) is 9.74. The average molecular weight is 421 g/mol. The molecule has 0 aliphatic carbocycles. The van der Waals surface area contributed by atoms with Crippen molar-refractivity contribution in [3.63, 3.8) is 0 Å². The molecule has 120 valence electrons. The highest BCUT2D eigenvalue weighted by Gasteiger charge is 2.33. The number of nitrogen functional groups attached to an aromatic ring is 1. The molecular formula is C7H8Cl6N6O2. The van der Waals surface area contributed by atoms with Gasteiger partial charge in [0.25, 0.3) is 0 Å². The molecule has 0 radical (unpaired) electrons. The van der Waals surface area contributed by atoms with Crippen LogP contribution in [0.25, 0.3) is 0 Å². The van der Waals surface area contributed by atoms with E-state index in [-0.39, 0.29) is 17.8 Å². The second-order valence-corrected chi connectivity index (χ2v) is 8.26. The molecule has 0 aliphatic rings. The minimum atomic E-state index is -2.04. The lowest BCUT2D eigenvalue weighted by atomic mass is 10.6. The van der Waals surface area contributed by atoms with Crippen LogP contribution in [-0.2, 0) is 0 Å². The number of hydrogen-bond acceptors (Lipinski definition) is 8. The quantitative estimate of drug-likeness (QED) is 0.367. The third-order valence-electron chi connectivity index (χ3n) is 1.80. The second kappa shape index (κ2) is 7.10. The van der Waals surface area contributed by atoms with E-state index < -0.39 is 20.0 Å². The fraction of sp³-hybridized carbons (Fsp3) is 0.571. The number of hydrogen-bond donors (Lipinski definition) is 5. The molecule has 14 heteroatoms. The topological polar surface area (TPSA) is 129 Å². The predicted octanol–water partition coefficient (Wildman–Crippen LogP) is 1.65. The summed E-state index contributed by atoms with van der Waals surface area (Å²) >= 11 is 32.8. The Morgan fingerprint density at radius 3 is 1.43 bits per heavy atom. The molecule has 1 heterocycles. The van der Waals surface area contributed by atoms with Crippen LogP contribution in [0.5, 0.6) is 0 Å². The van der Waals surface area contributed by atoms with E-state index >= 15 is 0 Å². The fourth-order valence-corrected chi connectivity index (χ4v) is 1.26. The Bertz CT molecular complexity index is 453. The Hall–Kier alpha value is 0.0700. The summed E-state index contributed by atoms with van der Waals surface area (Å²) < 4.78 is -4.07. The van der Waals surface area contributed by atoms with E-state index in [1.165, 1.54) is 0 Å². The highest BCUT2D eigenvalue weighted by atomic mass is 35.6. The lowest BCUT2D eigenvalue weighted by Crippen LogP contribution is -2.35. The molecule has 0 fully saturated rings. The first-order chi connectivity index (χ1) is 9.39. The zero-order chi connectivity index (χ0) is 16.4. The molecule has 0 saturated carbocycles. The largest absolute Gasteiger partial charge is 0.369 e. The molecule has 0 saturated heterocycles. The summed E-state index contributed by atoms with van der Waals surface area (Å²) in [5, 5.41) is 23.6. The Kier molecular flexibility index (Phi) is 6.46. The van der Waals surface area contributed by atoms with Crippen LogP contribution in [0.4, 0.5) is 17.8 Å². The maximum atomic E-state index is 9.55. The van der Waals surface area contributed by atoms with E-state index in [0.717, 1.165) is 0 Å². The highest BCUT2D eigenvalue weighted by Crippen LogP contribution is 2.31. The van der Waals surface area contributed by atoms with E-state index in [0.29, 0.717) is 0 Å². The van der Waals surface area contributed by atoms with Crippen LogP contribution >= 0.6 is 69.6 Å². The lowest BCUT2D eigenvalue weighted by Gasteiger charge is -2.21. The van der Waals surface area contributed by atoms with E-state index in [4.69, 9.17) is 75.3 Å². The molecule has 0 unspecified atom stereocenters. The maximum absolute atomic E-state index is 9.55.